The minimum absolute atomic E-state index is 0.137. The van der Waals surface area contributed by atoms with E-state index in [0.29, 0.717) is 0 Å². The first-order valence-corrected chi connectivity index (χ1v) is 10.4. The van der Waals surface area contributed by atoms with E-state index in [1.165, 1.54) is 81.9 Å². The molecule has 0 aliphatic carbocycles. The van der Waals surface area contributed by atoms with Gasteiger partial charge in [0.15, 0.2) is 0 Å². The Bertz CT molecular complexity index is 320. The van der Waals surface area contributed by atoms with Crippen molar-refractivity contribution >= 4 is 11.3 Å². The van der Waals surface area contributed by atoms with Gasteiger partial charge < -0.3 is 5.11 Å². The fraction of sp³-hybridized carbons (Fsp3) is 0.800. The topological polar surface area (TPSA) is 20.2 Å². The van der Waals surface area contributed by atoms with E-state index in [4.69, 9.17) is 0 Å². The van der Waals surface area contributed by atoms with Crippen molar-refractivity contribution in [2.75, 3.05) is 0 Å². The Morgan fingerprint density at radius 3 is 1.91 bits per heavy atom. The van der Waals surface area contributed by atoms with E-state index in [2.05, 4.69) is 24.4 Å². The number of aliphatic hydroxyl groups is 1. The Morgan fingerprint density at radius 1 is 0.864 bits per heavy atom. The molecule has 0 saturated carbocycles. The second-order valence-electron chi connectivity index (χ2n) is 6.62. The average molecular weight is 325 g/mol. The molecule has 22 heavy (non-hydrogen) atoms. The van der Waals surface area contributed by atoms with Gasteiger partial charge in [0, 0.05) is 11.3 Å². The quantitative estimate of drug-likeness (QED) is 0.354. The maximum absolute atomic E-state index is 9.99. The molecule has 1 nitrogen and oxygen atoms in total. The zero-order valence-corrected chi connectivity index (χ0v) is 15.4. The van der Waals surface area contributed by atoms with Gasteiger partial charge in [-0.05, 0) is 17.9 Å². The van der Waals surface area contributed by atoms with E-state index >= 15 is 0 Å². The number of rotatable bonds is 15. The summed E-state index contributed by atoms with van der Waals surface area (Å²) < 4.78 is 0. The summed E-state index contributed by atoms with van der Waals surface area (Å²) in [5.74, 6) is 0. The molecule has 1 rings (SSSR count). The summed E-state index contributed by atoms with van der Waals surface area (Å²) in [5, 5.41) is 12.1. The molecule has 128 valence electrons. The zero-order valence-electron chi connectivity index (χ0n) is 14.6. The lowest BCUT2D eigenvalue weighted by Crippen LogP contribution is -2.09. The van der Waals surface area contributed by atoms with Crippen LogP contribution >= 0.6 is 11.3 Å². The highest BCUT2D eigenvalue weighted by atomic mass is 32.1. The molecule has 1 heterocycles. The highest BCUT2D eigenvalue weighted by Gasteiger charge is 2.05. The van der Waals surface area contributed by atoms with Crippen molar-refractivity contribution in [2.45, 2.75) is 103 Å². The molecule has 0 aliphatic rings. The lowest BCUT2D eigenvalue weighted by molar-refractivity contribution is 0.161. The molecule has 1 atom stereocenters. The molecular formula is C20H36OS. The molecule has 0 saturated heterocycles. The van der Waals surface area contributed by atoms with Gasteiger partial charge in [-0.15, -0.1) is 11.3 Å². The monoisotopic (exact) mass is 324 g/mol. The normalized spacial score (nSPS) is 12.6. The first-order valence-electron chi connectivity index (χ1n) is 9.53. The molecule has 2 heteroatoms. The van der Waals surface area contributed by atoms with Crippen LogP contribution in [0.4, 0.5) is 0 Å². The summed E-state index contributed by atoms with van der Waals surface area (Å²) in [5.41, 5.74) is 0. The van der Waals surface area contributed by atoms with E-state index in [9.17, 15) is 5.11 Å². The maximum atomic E-state index is 9.99. The molecule has 0 aromatic carbocycles. The molecule has 1 aromatic heterocycles. The van der Waals surface area contributed by atoms with Crippen LogP contribution in [0.5, 0.6) is 0 Å². The van der Waals surface area contributed by atoms with Crippen LogP contribution in [0.1, 0.15) is 95.3 Å². The predicted molar refractivity (Wildman–Crippen MR) is 99.7 cm³/mol. The van der Waals surface area contributed by atoms with E-state index in [-0.39, 0.29) is 6.10 Å². The summed E-state index contributed by atoms with van der Waals surface area (Å²) in [6.45, 7) is 2.28. The Kier molecular flexibility index (Phi) is 12.8. The van der Waals surface area contributed by atoms with Crippen LogP contribution < -0.4 is 0 Å². The van der Waals surface area contributed by atoms with Gasteiger partial charge >= 0.3 is 0 Å². The van der Waals surface area contributed by atoms with Crippen LogP contribution in [0.25, 0.3) is 0 Å². The van der Waals surface area contributed by atoms with Crippen molar-refractivity contribution in [1.29, 1.82) is 0 Å². The lowest BCUT2D eigenvalue weighted by atomic mass is 10.0. The van der Waals surface area contributed by atoms with Gasteiger partial charge in [-0.25, -0.2) is 0 Å². The molecule has 0 bridgehead atoms. The second-order valence-corrected chi connectivity index (χ2v) is 7.65. The molecule has 1 aromatic rings. The minimum Gasteiger partial charge on any atom is -0.393 e. The van der Waals surface area contributed by atoms with Crippen molar-refractivity contribution in [3.05, 3.63) is 22.4 Å². The van der Waals surface area contributed by atoms with Crippen molar-refractivity contribution in [2.24, 2.45) is 0 Å². The van der Waals surface area contributed by atoms with Crippen LogP contribution in [-0.2, 0) is 6.42 Å². The summed E-state index contributed by atoms with van der Waals surface area (Å²) in [4.78, 5) is 1.31. The van der Waals surface area contributed by atoms with E-state index in [0.717, 1.165) is 12.8 Å². The highest BCUT2D eigenvalue weighted by molar-refractivity contribution is 7.09. The molecule has 0 aliphatic heterocycles. The fourth-order valence-corrected chi connectivity index (χ4v) is 3.76. The number of hydrogen-bond donors (Lipinski definition) is 1. The van der Waals surface area contributed by atoms with Crippen molar-refractivity contribution in [3.8, 4) is 0 Å². The summed E-state index contributed by atoms with van der Waals surface area (Å²) in [6, 6.07) is 4.19. The Hall–Kier alpha value is -0.340. The highest BCUT2D eigenvalue weighted by Crippen LogP contribution is 2.16. The van der Waals surface area contributed by atoms with E-state index in [1.807, 2.05) is 0 Å². The van der Waals surface area contributed by atoms with Crippen LogP contribution in [0, 0.1) is 0 Å². The van der Waals surface area contributed by atoms with Crippen molar-refractivity contribution in [1.82, 2.24) is 0 Å². The van der Waals surface area contributed by atoms with Crippen LogP contribution in [0.15, 0.2) is 17.5 Å². The maximum Gasteiger partial charge on any atom is 0.0588 e. The molecular weight excluding hydrogens is 288 g/mol. The Morgan fingerprint density at radius 2 is 1.41 bits per heavy atom. The minimum atomic E-state index is -0.137. The van der Waals surface area contributed by atoms with Gasteiger partial charge in [0.05, 0.1) is 6.10 Å². The Balaban J connectivity index is 1.78. The predicted octanol–water partition coefficient (Wildman–Crippen LogP) is 6.74. The van der Waals surface area contributed by atoms with Crippen molar-refractivity contribution < 1.29 is 5.11 Å². The molecule has 0 radical (unpaired) electrons. The fourth-order valence-electron chi connectivity index (χ4n) is 2.98. The lowest BCUT2D eigenvalue weighted by Gasteiger charge is -2.09. The van der Waals surface area contributed by atoms with E-state index in [1.54, 1.807) is 11.3 Å². The SMILES string of the molecule is CCCCCCCCCCCCCCC(O)Cc1cccs1. The molecule has 1 N–H and O–H groups in total. The number of hydrogen-bond acceptors (Lipinski definition) is 2. The van der Waals surface area contributed by atoms with Crippen molar-refractivity contribution in [3.63, 3.8) is 0 Å². The van der Waals surface area contributed by atoms with Gasteiger partial charge in [0.25, 0.3) is 0 Å². The van der Waals surface area contributed by atoms with Crippen LogP contribution in [0.2, 0.25) is 0 Å². The first kappa shape index (κ1) is 19.7. The number of aliphatic hydroxyl groups excluding tert-OH is 1. The Labute approximate surface area is 142 Å². The second kappa shape index (κ2) is 14.3. The molecule has 1 unspecified atom stereocenters. The van der Waals surface area contributed by atoms with Gasteiger partial charge in [-0.2, -0.15) is 0 Å². The summed E-state index contributed by atoms with van der Waals surface area (Å²) >= 11 is 1.75. The smallest absolute Gasteiger partial charge is 0.0588 e. The third kappa shape index (κ3) is 11.3. The average Bonchev–Trinajstić information content (AvgIpc) is 3.01. The van der Waals surface area contributed by atoms with Crippen LogP contribution in [-0.4, -0.2) is 11.2 Å². The summed E-state index contributed by atoms with van der Waals surface area (Å²) in [6.07, 6.45) is 18.2. The van der Waals surface area contributed by atoms with Gasteiger partial charge in [-0.1, -0.05) is 90.0 Å². The largest absolute Gasteiger partial charge is 0.393 e. The molecule has 0 spiro atoms. The molecule has 0 amide bonds. The van der Waals surface area contributed by atoms with Gasteiger partial charge in [-0.3, -0.25) is 0 Å². The zero-order chi connectivity index (χ0) is 15.9. The van der Waals surface area contributed by atoms with Gasteiger partial charge in [0.1, 0.15) is 0 Å². The standard InChI is InChI=1S/C20H36OS/c1-2-3-4-5-6-7-8-9-10-11-12-13-15-19(21)18-20-16-14-17-22-20/h14,16-17,19,21H,2-13,15,18H2,1H3. The molecule has 0 fully saturated rings. The first-order chi connectivity index (χ1) is 10.8. The van der Waals surface area contributed by atoms with E-state index < -0.39 is 0 Å². The third-order valence-corrected chi connectivity index (χ3v) is 5.31. The number of thiophene rings is 1. The van der Waals surface area contributed by atoms with Gasteiger partial charge in [0.2, 0.25) is 0 Å². The number of unbranched alkanes of at least 4 members (excludes halogenated alkanes) is 11. The summed E-state index contributed by atoms with van der Waals surface area (Å²) in [7, 11) is 0. The van der Waals surface area contributed by atoms with Crippen LogP contribution in [0.3, 0.4) is 0 Å². The third-order valence-electron chi connectivity index (χ3n) is 4.41.